The number of benzene rings is 1. The monoisotopic (exact) mass is 358 g/mol. The summed E-state index contributed by atoms with van der Waals surface area (Å²) in [6.07, 6.45) is 4.68. The molecule has 0 bridgehead atoms. The molecule has 8 heteroatoms. The standard InChI is InChI=1S/C17H15ClN4O3/c1-24-14-5-4-11(18)9-12(14)22-17(23)21-10-13-16(20-7-6-19-13)15-3-2-8-25-15/h2-9H,10H2,1H3,(H2,21,22,23). The van der Waals surface area contributed by atoms with Gasteiger partial charge in [-0.3, -0.25) is 4.98 Å². The number of urea groups is 1. The molecule has 0 radical (unpaired) electrons. The summed E-state index contributed by atoms with van der Waals surface area (Å²) in [6.45, 7) is 0.179. The average molecular weight is 359 g/mol. The maximum Gasteiger partial charge on any atom is 0.319 e. The van der Waals surface area contributed by atoms with Crippen LogP contribution in [0.3, 0.4) is 0 Å². The predicted molar refractivity (Wildman–Crippen MR) is 93.6 cm³/mol. The first kappa shape index (κ1) is 16.8. The van der Waals surface area contributed by atoms with Crippen molar-refractivity contribution in [3.05, 3.63) is 59.7 Å². The number of nitrogens with zero attached hydrogens (tertiary/aromatic N) is 2. The fourth-order valence-corrected chi connectivity index (χ4v) is 2.40. The van der Waals surface area contributed by atoms with Crippen molar-refractivity contribution in [3.63, 3.8) is 0 Å². The van der Waals surface area contributed by atoms with E-state index in [0.717, 1.165) is 0 Å². The molecule has 0 saturated carbocycles. The molecule has 2 aromatic heterocycles. The van der Waals surface area contributed by atoms with E-state index >= 15 is 0 Å². The molecule has 0 unspecified atom stereocenters. The van der Waals surface area contributed by atoms with E-state index in [4.69, 9.17) is 20.8 Å². The number of aromatic nitrogens is 2. The van der Waals surface area contributed by atoms with Crippen molar-refractivity contribution < 1.29 is 13.9 Å². The second-order valence-corrected chi connectivity index (χ2v) is 5.42. The smallest absolute Gasteiger partial charge is 0.319 e. The molecule has 3 rings (SSSR count). The van der Waals surface area contributed by atoms with Crippen molar-refractivity contribution in [1.82, 2.24) is 15.3 Å². The molecule has 128 valence electrons. The van der Waals surface area contributed by atoms with Gasteiger partial charge in [-0.15, -0.1) is 0 Å². The van der Waals surface area contributed by atoms with E-state index in [9.17, 15) is 4.79 Å². The van der Waals surface area contributed by atoms with E-state index < -0.39 is 6.03 Å². The summed E-state index contributed by atoms with van der Waals surface area (Å²) in [5.74, 6) is 1.09. The average Bonchev–Trinajstić information content (AvgIpc) is 3.15. The fourth-order valence-electron chi connectivity index (χ4n) is 2.22. The fraction of sp³-hybridized carbons (Fsp3) is 0.118. The van der Waals surface area contributed by atoms with E-state index in [-0.39, 0.29) is 6.54 Å². The molecule has 3 aromatic rings. The zero-order chi connectivity index (χ0) is 17.6. The van der Waals surface area contributed by atoms with E-state index in [1.807, 2.05) is 0 Å². The molecule has 2 heterocycles. The van der Waals surface area contributed by atoms with Crippen LogP contribution in [0.1, 0.15) is 5.69 Å². The molecule has 0 aliphatic rings. The minimum Gasteiger partial charge on any atom is -0.495 e. The molecular weight excluding hydrogens is 344 g/mol. The van der Waals surface area contributed by atoms with E-state index in [1.54, 1.807) is 49.0 Å². The van der Waals surface area contributed by atoms with E-state index in [2.05, 4.69) is 20.6 Å². The molecule has 2 amide bonds. The number of rotatable bonds is 5. The lowest BCUT2D eigenvalue weighted by molar-refractivity contribution is 0.251. The molecule has 25 heavy (non-hydrogen) atoms. The summed E-state index contributed by atoms with van der Waals surface area (Å²) in [5.41, 5.74) is 1.64. The number of furan rings is 1. The molecule has 0 spiro atoms. The third-order valence-electron chi connectivity index (χ3n) is 3.35. The number of carbonyl (C=O) groups is 1. The van der Waals surface area contributed by atoms with Crippen molar-refractivity contribution >= 4 is 23.3 Å². The van der Waals surface area contributed by atoms with Gasteiger partial charge in [0.05, 0.1) is 31.3 Å². The normalized spacial score (nSPS) is 10.3. The van der Waals surface area contributed by atoms with Crippen LogP contribution in [0.2, 0.25) is 5.02 Å². The van der Waals surface area contributed by atoms with Crippen LogP contribution < -0.4 is 15.4 Å². The molecule has 0 aliphatic carbocycles. The van der Waals surface area contributed by atoms with Gasteiger partial charge in [0.2, 0.25) is 0 Å². The van der Waals surface area contributed by atoms with Gasteiger partial charge in [0, 0.05) is 17.4 Å². The Balaban J connectivity index is 1.69. The summed E-state index contributed by atoms with van der Waals surface area (Å²) in [7, 11) is 1.52. The molecule has 1 aromatic carbocycles. The van der Waals surface area contributed by atoms with E-state index in [0.29, 0.717) is 33.6 Å². The maximum atomic E-state index is 12.2. The van der Waals surface area contributed by atoms with Crippen LogP contribution in [0.25, 0.3) is 11.5 Å². The molecule has 2 N–H and O–H groups in total. The topological polar surface area (TPSA) is 89.3 Å². The summed E-state index contributed by atoms with van der Waals surface area (Å²) in [6, 6.07) is 8.09. The highest BCUT2D eigenvalue weighted by Crippen LogP contribution is 2.27. The van der Waals surface area contributed by atoms with Gasteiger partial charge in [0.15, 0.2) is 5.76 Å². The van der Waals surface area contributed by atoms with Gasteiger partial charge >= 0.3 is 6.03 Å². The van der Waals surface area contributed by atoms with Gasteiger partial charge in [-0.2, -0.15) is 0 Å². The van der Waals surface area contributed by atoms with Crippen LogP contribution in [0.5, 0.6) is 5.75 Å². The minimum absolute atomic E-state index is 0.179. The van der Waals surface area contributed by atoms with Crippen molar-refractivity contribution in [1.29, 1.82) is 0 Å². The largest absolute Gasteiger partial charge is 0.495 e. The number of methoxy groups -OCH3 is 1. The van der Waals surface area contributed by atoms with Gasteiger partial charge in [-0.1, -0.05) is 11.6 Å². The maximum absolute atomic E-state index is 12.2. The SMILES string of the molecule is COc1ccc(Cl)cc1NC(=O)NCc1nccnc1-c1ccco1. The van der Waals surface area contributed by atoms with Crippen LogP contribution in [-0.2, 0) is 6.54 Å². The van der Waals surface area contributed by atoms with Crippen LogP contribution in [0, 0.1) is 0 Å². The van der Waals surface area contributed by atoms with Crippen molar-refractivity contribution in [2.24, 2.45) is 0 Å². The summed E-state index contributed by atoms with van der Waals surface area (Å²) < 4.78 is 10.5. The number of anilines is 1. The zero-order valence-electron chi connectivity index (χ0n) is 13.3. The van der Waals surface area contributed by atoms with Gasteiger partial charge in [0.1, 0.15) is 11.4 Å². The number of ether oxygens (including phenoxy) is 1. The van der Waals surface area contributed by atoms with Gasteiger partial charge in [-0.05, 0) is 30.3 Å². The molecule has 7 nitrogen and oxygen atoms in total. The van der Waals surface area contributed by atoms with Crippen molar-refractivity contribution in [2.45, 2.75) is 6.54 Å². The first-order valence-electron chi connectivity index (χ1n) is 7.39. The highest BCUT2D eigenvalue weighted by Gasteiger charge is 2.12. The summed E-state index contributed by atoms with van der Waals surface area (Å²) >= 11 is 5.95. The third-order valence-corrected chi connectivity index (χ3v) is 3.59. The first-order valence-corrected chi connectivity index (χ1v) is 7.77. The zero-order valence-corrected chi connectivity index (χ0v) is 14.1. The lowest BCUT2D eigenvalue weighted by Crippen LogP contribution is -2.29. The summed E-state index contributed by atoms with van der Waals surface area (Å²) in [4.78, 5) is 20.7. The third kappa shape index (κ3) is 4.07. The highest BCUT2D eigenvalue weighted by molar-refractivity contribution is 6.31. The molecule has 0 atom stereocenters. The Kier molecular flexibility index (Phi) is 5.15. The Labute approximate surface area is 149 Å². The Morgan fingerprint density at radius 1 is 1.28 bits per heavy atom. The van der Waals surface area contributed by atoms with E-state index in [1.165, 1.54) is 7.11 Å². The Morgan fingerprint density at radius 3 is 2.88 bits per heavy atom. The molecule has 0 aliphatic heterocycles. The Hall–Kier alpha value is -3.06. The number of hydrogen-bond acceptors (Lipinski definition) is 5. The highest BCUT2D eigenvalue weighted by atomic mass is 35.5. The van der Waals surface area contributed by atoms with Crippen LogP contribution >= 0.6 is 11.6 Å². The van der Waals surface area contributed by atoms with Crippen LogP contribution in [-0.4, -0.2) is 23.1 Å². The lowest BCUT2D eigenvalue weighted by atomic mass is 10.2. The number of amides is 2. The predicted octanol–water partition coefficient (Wildman–Crippen LogP) is 3.72. The molecular formula is C17H15ClN4O3. The van der Waals surface area contributed by atoms with Gasteiger partial charge in [0.25, 0.3) is 0 Å². The Morgan fingerprint density at radius 2 is 2.12 bits per heavy atom. The Bertz CT molecular complexity index is 868. The van der Waals surface area contributed by atoms with Gasteiger partial charge in [-0.25, -0.2) is 9.78 Å². The van der Waals surface area contributed by atoms with Crippen molar-refractivity contribution in [2.75, 3.05) is 12.4 Å². The second-order valence-electron chi connectivity index (χ2n) is 4.98. The first-order chi connectivity index (χ1) is 12.2. The quantitative estimate of drug-likeness (QED) is 0.725. The molecule has 0 fully saturated rings. The second kappa shape index (κ2) is 7.67. The van der Waals surface area contributed by atoms with Gasteiger partial charge < -0.3 is 19.8 Å². The number of nitrogens with one attached hydrogen (secondary N) is 2. The summed E-state index contributed by atoms with van der Waals surface area (Å²) in [5, 5.41) is 5.91. The minimum atomic E-state index is -0.420. The number of hydrogen-bond donors (Lipinski definition) is 2. The van der Waals surface area contributed by atoms with Crippen molar-refractivity contribution in [3.8, 4) is 17.2 Å². The van der Waals surface area contributed by atoms with Crippen LogP contribution in [0.4, 0.5) is 10.5 Å². The van der Waals surface area contributed by atoms with Crippen LogP contribution in [0.15, 0.2) is 53.4 Å². The molecule has 0 saturated heterocycles. The number of halogens is 1. The number of carbonyl (C=O) groups excluding carboxylic acids is 1. The lowest BCUT2D eigenvalue weighted by Gasteiger charge is -2.12.